The van der Waals surface area contributed by atoms with Crippen LogP contribution in [0.4, 0.5) is 0 Å². The van der Waals surface area contributed by atoms with Crippen molar-refractivity contribution in [2.45, 2.75) is 43.9 Å². The number of halogens is 1. The Labute approximate surface area is 278 Å². The molecule has 3 aromatic rings. The van der Waals surface area contributed by atoms with Gasteiger partial charge < -0.3 is 19.6 Å². The molecule has 1 N–H and O–H groups in total. The first-order valence-corrected chi connectivity index (χ1v) is 16.7. The van der Waals surface area contributed by atoms with Gasteiger partial charge in [0.1, 0.15) is 28.4 Å². The highest BCUT2D eigenvalue weighted by molar-refractivity contribution is 8.00. The lowest BCUT2D eigenvalue weighted by atomic mass is 10.0. The molecule has 0 radical (unpaired) electrons. The van der Waals surface area contributed by atoms with Gasteiger partial charge in [-0.1, -0.05) is 65.8 Å². The summed E-state index contributed by atoms with van der Waals surface area (Å²) in [5.41, 5.74) is 2.91. The second-order valence-corrected chi connectivity index (χ2v) is 13.3. The number of ether oxygens (including phenoxy) is 2. The minimum atomic E-state index is -0.981. The van der Waals surface area contributed by atoms with Crippen LogP contribution in [-0.4, -0.2) is 74.6 Å². The molecule has 0 aliphatic carbocycles. The van der Waals surface area contributed by atoms with Crippen LogP contribution in [0.2, 0.25) is 0 Å². The Bertz CT molecular complexity index is 1600. The predicted octanol–water partition coefficient (Wildman–Crippen LogP) is 4.43. The van der Waals surface area contributed by atoms with Gasteiger partial charge in [-0.3, -0.25) is 14.5 Å². The Hall–Kier alpha value is -4.20. The van der Waals surface area contributed by atoms with E-state index in [2.05, 4.69) is 15.5 Å². The third-order valence-corrected chi connectivity index (χ3v) is 9.02. The van der Waals surface area contributed by atoms with Crippen LogP contribution in [-0.2, 0) is 33.5 Å². The summed E-state index contributed by atoms with van der Waals surface area (Å²) in [7, 11) is 0. The molecule has 1 saturated heterocycles. The zero-order valence-corrected chi connectivity index (χ0v) is 27.6. The number of hydrogen-bond donors (Lipinski definition) is 1. The number of fused-ring (bicyclic) bond motifs is 1. The molecule has 1 fully saturated rings. The van der Waals surface area contributed by atoms with Gasteiger partial charge in [-0.2, -0.15) is 0 Å². The van der Waals surface area contributed by atoms with Crippen molar-refractivity contribution in [2.24, 2.45) is 5.16 Å². The van der Waals surface area contributed by atoms with Crippen LogP contribution in [0.3, 0.4) is 0 Å². The lowest BCUT2D eigenvalue weighted by Gasteiger charge is -2.49. The molecule has 2 aromatic carbocycles. The fraction of sp³-hybridized carbons (Fsp3) is 0.312. The number of oxime groups is 1. The zero-order chi connectivity index (χ0) is 32.8. The van der Waals surface area contributed by atoms with Gasteiger partial charge in [0, 0.05) is 17.0 Å². The summed E-state index contributed by atoms with van der Waals surface area (Å²) in [6.07, 6.45) is -0.726. The highest BCUT2D eigenvalue weighted by atomic mass is 35.5. The Balaban J connectivity index is 1.32. The van der Waals surface area contributed by atoms with E-state index in [9.17, 15) is 19.2 Å². The van der Waals surface area contributed by atoms with Crippen molar-refractivity contribution >= 4 is 64.2 Å². The molecule has 0 saturated carbocycles. The summed E-state index contributed by atoms with van der Waals surface area (Å²) < 4.78 is 11.3. The van der Waals surface area contributed by atoms with E-state index in [4.69, 9.17) is 25.9 Å². The summed E-state index contributed by atoms with van der Waals surface area (Å²) in [6.45, 7) is 4.61. The molecule has 14 heteroatoms. The van der Waals surface area contributed by atoms with Crippen LogP contribution in [0.25, 0.3) is 0 Å². The molecule has 0 spiro atoms. The van der Waals surface area contributed by atoms with E-state index < -0.39 is 53.5 Å². The smallest absolute Gasteiger partial charge is 0.356 e. The monoisotopic (exact) mass is 682 g/mol. The Morgan fingerprint density at radius 1 is 1.09 bits per heavy atom. The Kier molecular flexibility index (Phi) is 10.4. The van der Waals surface area contributed by atoms with Gasteiger partial charge in [0.15, 0.2) is 11.8 Å². The highest BCUT2D eigenvalue weighted by Crippen LogP contribution is 2.42. The second-order valence-electron chi connectivity index (χ2n) is 11.2. The third-order valence-electron chi connectivity index (χ3n) is 6.77. The van der Waals surface area contributed by atoms with E-state index in [0.29, 0.717) is 11.3 Å². The van der Waals surface area contributed by atoms with Gasteiger partial charge in [-0.05, 0) is 37.5 Å². The Morgan fingerprint density at radius 3 is 2.30 bits per heavy atom. The average molecular weight is 683 g/mol. The van der Waals surface area contributed by atoms with Crippen LogP contribution in [0.15, 0.2) is 88.0 Å². The molecular weight excluding hydrogens is 652 g/mol. The number of rotatable bonds is 11. The molecular formula is C32H31ClN4O7S2. The lowest BCUT2D eigenvalue weighted by Crippen LogP contribution is -2.71. The fourth-order valence-electron chi connectivity index (χ4n) is 4.79. The van der Waals surface area contributed by atoms with E-state index in [1.807, 2.05) is 60.7 Å². The SMILES string of the molecule is CC(C)(C)OC(=O)CO/N=C(\C(=O)NC1C(=O)N2C(C(=O)OC(c3ccccc3)c3ccccc3)=C(CCl)CS[C@H]12)c1cscn1. The lowest BCUT2D eigenvalue weighted by molar-refractivity contribution is -0.160. The van der Waals surface area contributed by atoms with E-state index in [-0.39, 0.29) is 23.0 Å². The second kappa shape index (κ2) is 14.5. The minimum Gasteiger partial charge on any atom is -0.457 e. The number of alkyl halides is 1. The zero-order valence-electron chi connectivity index (χ0n) is 25.2. The first-order valence-electron chi connectivity index (χ1n) is 14.2. The molecule has 5 rings (SSSR count). The van der Waals surface area contributed by atoms with Crippen molar-refractivity contribution < 1.29 is 33.5 Å². The van der Waals surface area contributed by atoms with Gasteiger partial charge in [-0.15, -0.1) is 34.7 Å². The largest absolute Gasteiger partial charge is 0.457 e. The van der Waals surface area contributed by atoms with Crippen LogP contribution in [0, 0.1) is 0 Å². The van der Waals surface area contributed by atoms with Gasteiger partial charge in [0.05, 0.1) is 5.51 Å². The number of amides is 2. The Morgan fingerprint density at radius 2 is 1.74 bits per heavy atom. The van der Waals surface area contributed by atoms with Crippen molar-refractivity contribution in [3.05, 3.63) is 99.6 Å². The van der Waals surface area contributed by atoms with Gasteiger partial charge in [-0.25, -0.2) is 14.6 Å². The third kappa shape index (κ3) is 7.60. The first kappa shape index (κ1) is 33.2. The number of benzene rings is 2. The summed E-state index contributed by atoms with van der Waals surface area (Å²) >= 11 is 8.84. The summed E-state index contributed by atoms with van der Waals surface area (Å²) in [5, 5.41) is 7.53. The summed E-state index contributed by atoms with van der Waals surface area (Å²) in [4.78, 5) is 63.4. The number of carbonyl (C=O) groups excluding carboxylic acids is 4. The molecule has 2 amide bonds. The van der Waals surface area contributed by atoms with Crippen LogP contribution >= 0.6 is 34.7 Å². The molecule has 1 unspecified atom stereocenters. The normalized spacial score (nSPS) is 18.1. The fourth-order valence-corrected chi connectivity index (χ4v) is 7.00. The number of aromatic nitrogens is 1. The maximum atomic E-state index is 13.8. The van der Waals surface area contributed by atoms with E-state index in [1.165, 1.54) is 33.5 Å². The van der Waals surface area contributed by atoms with Crippen LogP contribution in [0.1, 0.15) is 43.7 Å². The molecule has 3 heterocycles. The molecule has 46 heavy (non-hydrogen) atoms. The maximum absolute atomic E-state index is 13.8. The molecule has 11 nitrogen and oxygen atoms in total. The summed E-state index contributed by atoms with van der Waals surface area (Å²) in [5.74, 6) is -2.25. The predicted molar refractivity (Wildman–Crippen MR) is 174 cm³/mol. The number of esters is 2. The number of hydrogen-bond acceptors (Lipinski definition) is 11. The standard InChI is InChI=1S/C32H31ClN4O7S2/c1-32(2,3)44-23(38)15-42-36-24(22-17-45-18-34-22)28(39)35-25-29(40)37-26(21(14-33)16-46-30(25)37)31(41)43-27(19-10-6-4-7-11-19)20-12-8-5-9-13-20/h4-13,17-18,25,27,30H,14-16H2,1-3H3,(H,35,39)/b36-24-/t25?,30-/m1/s1. The molecule has 2 aliphatic heterocycles. The molecule has 240 valence electrons. The van der Waals surface area contributed by atoms with Crippen molar-refractivity contribution in [1.29, 1.82) is 0 Å². The number of β-lactam (4-membered cyclic amide) rings is 1. The van der Waals surface area contributed by atoms with Gasteiger partial charge in [0.2, 0.25) is 6.61 Å². The molecule has 2 aliphatic rings. The summed E-state index contributed by atoms with van der Waals surface area (Å²) in [6, 6.07) is 17.6. The van der Waals surface area contributed by atoms with Gasteiger partial charge >= 0.3 is 11.9 Å². The topological polar surface area (TPSA) is 136 Å². The minimum absolute atomic E-state index is 0.0158. The van der Waals surface area contributed by atoms with Crippen LogP contribution < -0.4 is 5.32 Å². The molecule has 0 bridgehead atoms. The number of nitrogens with zero attached hydrogens (tertiary/aromatic N) is 3. The highest BCUT2D eigenvalue weighted by Gasteiger charge is 2.55. The van der Waals surface area contributed by atoms with Crippen molar-refractivity contribution in [1.82, 2.24) is 15.2 Å². The molecule has 2 atom stereocenters. The van der Waals surface area contributed by atoms with Crippen molar-refractivity contribution in [2.75, 3.05) is 18.2 Å². The van der Waals surface area contributed by atoms with Crippen molar-refractivity contribution in [3.8, 4) is 0 Å². The van der Waals surface area contributed by atoms with E-state index in [1.54, 1.807) is 26.2 Å². The quantitative estimate of drug-likeness (QED) is 0.102. The number of carbonyl (C=O) groups is 4. The number of thiazole rings is 1. The van der Waals surface area contributed by atoms with E-state index in [0.717, 1.165) is 11.1 Å². The van der Waals surface area contributed by atoms with Crippen molar-refractivity contribution in [3.63, 3.8) is 0 Å². The number of thioether (sulfide) groups is 1. The van der Waals surface area contributed by atoms with Gasteiger partial charge in [0.25, 0.3) is 11.8 Å². The average Bonchev–Trinajstić information content (AvgIpc) is 3.58. The van der Waals surface area contributed by atoms with Crippen LogP contribution in [0.5, 0.6) is 0 Å². The maximum Gasteiger partial charge on any atom is 0.356 e. The van der Waals surface area contributed by atoms with E-state index >= 15 is 0 Å². The number of nitrogens with one attached hydrogen (secondary N) is 1. The first-order chi connectivity index (χ1) is 22.1. The molecule has 1 aromatic heterocycles.